The molecule has 1 N–H and O–H groups in total. The minimum Gasteiger partial charge on any atom is -0.387 e. The van der Waals surface area contributed by atoms with Gasteiger partial charge in [-0.15, -0.1) is 0 Å². The van der Waals surface area contributed by atoms with Crippen molar-refractivity contribution in [3.63, 3.8) is 0 Å². The Morgan fingerprint density at radius 3 is 2.89 bits per heavy atom. The Hall–Kier alpha value is -2.38. The zero-order chi connectivity index (χ0) is 13.8. The van der Waals surface area contributed by atoms with Crippen LogP contribution in [0.5, 0.6) is 0 Å². The summed E-state index contributed by atoms with van der Waals surface area (Å²) in [7, 11) is 1.86. The fraction of sp³-hybridized carbons (Fsp3) is 0.200. The Kier molecular flexibility index (Phi) is 3.79. The Morgan fingerprint density at radius 2 is 2.26 bits per heavy atom. The van der Waals surface area contributed by atoms with Crippen molar-refractivity contribution in [2.75, 3.05) is 0 Å². The highest BCUT2D eigenvalue weighted by Gasteiger charge is 2.13. The lowest BCUT2D eigenvalue weighted by molar-refractivity contribution is 0.216. The van der Waals surface area contributed by atoms with Gasteiger partial charge in [-0.3, -0.25) is 4.68 Å². The van der Waals surface area contributed by atoms with Crippen LogP contribution in [0.3, 0.4) is 0 Å². The van der Waals surface area contributed by atoms with E-state index in [2.05, 4.69) is 11.7 Å². The first-order valence-electron chi connectivity index (χ1n) is 5.95. The van der Waals surface area contributed by atoms with Crippen LogP contribution in [-0.4, -0.2) is 21.0 Å². The third-order valence-corrected chi connectivity index (χ3v) is 2.99. The Bertz CT molecular complexity index is 637. The lowest BCUT2D eigenvalue weighted by Crippen LogP contribution is -2.12. The second kappa shape index (κ2) is 5.51. The molecule has 1 atom stereocenters. The molecule has 1 unspecified atom stereocenters. The molecule has 4 nitrogen and oxygen atoms in total. The van der Waals surface area contributed by atoms with E-state index in [4.69, 9.17) is 5.26 Å². The summed E-state index contributed by atoms with van der Waals surface area (Å²) in [5, 5.41) is 22.8. The molecule has 0 amide bonds. The zero-order valence-corrected chi connectivity index (χ0v) is 10.7. The van der Waals surface area contributed by atoms with E-state index in [1.807, 2.05) is 43.6 Å². The predicted molar refractivity (Wildman–Crippen MR) is 73.1 cm³/mol. The summed E-state index contributed by atoms with van der Waals surface area (Å²) < 4.78 is 1.73. The summed E-state index contributed by atoms with van der Waals surface area (Å²) in [5.74, 6) is 0. The first-order chi connectivity index (χ1) is 9.11. The SMILES string of the molecule is C=C(C#N)C(O)Cc1ccccc1-c1cnn(C)c1. The zero-order valence-electron chi connectivity index (χ0n) is 10.7. The van der Waals surface area contributed by atoms with Gasteiger partial charge in [-0.05, 0) is 11.1 Å². The molecule has 2 aromatic rings. The molecule has 2 rings (SSSR count). The van der Waals surface area contributed by atoms with Gasteiger partial charge in [0.15, 0.2) is 0 Å². The molecule has 0 saturated carbocycles. The fourth-order valence-electron chi connectivity index (χ4n) is 1.95. The fourth-order valence-corrected chi connectivity index (χ4v) is 1.95. The van der Waals surface area contributed by atoms with Crippen molar-refractivity contribution in [3.8, 4) is 17.2 Å². The van der Waals surface area contributed by atoms with Crippen LogP contribution in [0.4, 0.5) is 0 Å². The molecule has 1 heterocycles. The molecular formula is C15H15N3O. The second-order valence-electron chi connectivity index (χ2n) is 4.42. The van der Waals surface area contributed by atoms with Crippen LogP contribution in [0.2, 0.25) is 0 Å². The van der Waals surface area contributed by atoms with Crippen LogP contribution in [0.15, 0.2) is 48.8 Å². The summed E-state index contributed by atoms with van der Waals surface area (Å²) >= 11 is 0. The molecule has 96 valence electrons. The first-order valence-corrected chi connectivity index (χ1v) is 5.95. The van der Waals surface area contributed by atoms with Crippen LogP contribution in [0.1, 0.15) is 5.56 Å². The molecule has 0 saturated heterocycles. The molecule has 0 aliphatic carbocycles. The van der Waals surface area contributed by atoms with Crippen LogP contribution in [0.25, 0.3) is 11.1 Å². The Balaban J connectivity index is 2.32. The van der Waals surface area contributed by atoms with Crippen molar-refractivity contribution in [2.24, 2.45) is 7.05 Å². The number of aliphatic hydroxyl groups excluding tert-OH is 1. The quantitative estimate of drug-likeness (QED) is 0.848. The second-order valence-corrected chi connectivity index (χ2v) is 4.42. The first kappa shape index (κ1) is 13.1. The monoisotopic (exact) mass is 253 g/mol. The van der Waals surface area contributed by atoms with Crippen LogP contribution in [0, 0.1) is 11.3 Å². The standard InChI is InChI=1S/C15H15N3O/c1-11(8-16)15(19)7-12-5-3-4-6-14(12)13-9-17-18(2)10-13/h3-6,9-10,15,19H,1,7H2,2H3. The van der Waals surface area contributed by atoms with Gasteiger partial charge in [0, 0.05) is 25.2 Å². The number of aliphatic hydroxyl groups is 1. The van der Waals surface area contributed by atoms with E-state index in [-0.39, 0.29) is 5.57 Å². The van der Waals surface area contributed by atoms with Crippen molar-refractivity contribution in [1.82, 2.24) is 9.78 Å². The molecule has 0 bridgehead atoms. The smallest absolute Gasteiger partial charge is 0.0968 e. The maximum absolute atomic E-state index is 9.90. The van der Waals surface area contributed by atoms with Crippen molar-refractivity contribution in [3.05, 3.63) is 54.4 Å². The Labute approximate surface area is 112 Å². The topological polar surface area (TPSA) is 61.8 Å². The van der Waals surface area contributed by atoms with E-state index in [1.54, 1.807) is 10.9 Å². The predicted octanol–water partition coefficient (Wildman–Crippen LogP) is 2.07. The number of nitrogens with zero attached hydrogens (tertiary/aromatic N) is 3. The summed E-state index contributed by atoms with van der Waals surface area (Å²) in [5.41, 5.74) is 3.16. The molecule has 4 heteroatoms. The highest BCUT2D eigenvalue weighted by Crippen LogP contribution is 2.24. The van der Waals surface area contributed by atoms with Gasteiger partial charge in [0.25, 0.3) is 0 Å². The summed E-state index contributed by atoms with van der Waals surface area (Å²) in [4.78, 5) is 0. The van der Waals surface area contributed by atoms with Crippen molar-refractivity contribution in [2.45, 2.75) is 12.5 Å². The minimum atomic E-state index is -0.845. The van der Waals surface area contributed by atoms with Gasteiger partial charge in [0.05, 0.1) is 23.9 Å². The van der Waals surface area contributed by atoms with Crippen molar-refractivity contribution < 1.29 is 5.11 Å². The van der Waals surface area contributed by atoms with Gasteiger partial charge < -0.3 is 5.11 Å². The molecule has 1 aromatic heterocycles. The molecule has 0 spiro atoms. The largest absolute Gasteiger partial charge is 0.387 e. The highest BCUT2D eigenvalue weighted by atomic mass is 16.3. The van der Waals surface area contributed by atoms with E-state index in [1.165, 1.54) is 0 Å². The van der Waals surface area contributed by atoms with Crippen LogP contribution < -0.4 is 0 Å². The normalized spacial score (nSPS) is 11.8. The molecule has 19 heavy (non-hydrogen) atoms. The third kappa shape index (κ3) is 2.90. The molecular weight excluding hydrogens is 238 g/mol. The average Bonchev–Trinajstić information content (AvgIpc) is 2.85. The van der Waals surface area contributed by atoms with Gasteiger partial charge in [-0.1, -0.05) is 30.8 Å². The third-order valence-electron chi connectivity index (χ3n) is 2.99. The summed E-state index contributed by atoms with van der Waals surface area (Å²) in [6, 6.07) is 9.66. The maximum Gasteiger partial charge on any atom is 0.0968 e. The Morgan fingerprint density at radius 1 is 1.53 bits per heavy atom. The lowest BCUT2D eigenvalue weighted by Gasteiger charge is -2.12. The van der Waals surface area contributed by atoms with E-state index in [0.717, 1.165) is 16.7 Å². The number of aromatic nitrogens is 2. The van der Waals surface area contributed by atoms with E-state index < -0.39 is 6.10 Å². The molecule has 0 radical (unpaired) electrons. The number of benzene rings is 1. The van der Waals surface area contributed by atoms with E-state index in [9.17, 15) is 5.11 Å². The summed E-state index contributed by atoms with van der Waals surface area (Å²) in [6.45, 7) is 3.55. The minimum absolute atomic E-state index is 0.181. The van der Waals surface area contributed by atoms with Crippen molar-refractivity contribution in [1.29, 1.82) is 5.26 Å². The highest BCUT2D eigenvalue weighted by molar-refractivity contribution is 5.66. The number of rotatable bonds is 4. The number of nitriles is 1. The lowest BCUT2D eigenvalue weighted by atomic mass is 9.96. The van der Waals surface area contributed by atoms with Gasteiger partial charge in [0.2, 0.25) is 0 Å². The van der Waals surface area contributed by atoms with Gasteiger partial charge in [0.1, 0.15) is 0 Å². The number of hydrogen-bond acceptors (Lipinski definition) is 3. The van der Waals surface area contributed by atoms with Crippen molar-refractivity contribution >= 4 is 0 Å². The van der Waals surface area contributed by atoms with Gasteiger partial charge in [-0.25, -0.2) is 0 Å². The number of hydrogen-bond donors (Lipinski definition) is 1. The molecule has 1 aromatic carbocycles. The van der Waals surface area contributed by atoms with Crippen LogP contribution in [-0.2, 0) is 13.5 Å². The molecule has 0 fully saturated rings. The van der Waals surface area contributed by atoms with Gasteiger partial charge >= 0.3 is 0 Å². The molecule has 0 aliphatic rings. The van der Waals surface area contributed by atoms with E-state index in [0.29, 0.717) is 6.42 Å². The average molecular weight is 253 g/mol. The summed E-state index contributed by atoms with van der Waals surface area (Å²) in [6.07, 6.45) is 3.23. The van der Waals surface area contributed by atoms with E-state index >= 15 is 0 Å². The number of aryl methyl sites for hydroxylation is 1. The maximum atomic E-state index is 9.90. The molecule has 0 aliphatic heterocycles. The van der Waals surface area contributed by atoms with Gasteiger partial charge in [-0.2, -0.15) is 10.4 Å². The van der Waals surface area contributed by atoms with Crippen LogP contribution >= 0.6 is 0 Å².